The monoisotopic (exact) mass is 143 g/mol. The highest BCUT2D eigenvalue weighted by Crippen LogP contribution is 2.51. The molecule has 3 nitrogen and oxygen atoms in total. The molecule has 0 N–H and O–H groups in total. The second-order valence-corrected chi connectivity index (χ2v) is 4.04. The maximum Gasteiger partial charge on any atom is 0.227 e. The van der Waals surface area contributed by atoms with E-state index in [1.807, 2.05) is 20.8 Å². The minimum absolute atomic E-state index is 0.118. The summed E-state index contributed by atoms with van der Waals surface area (Å²) >= 11 is 0. The number of nitro groups is 1. The minimum Gasteiger partial charge on any atom is -0.264 e. The highest BCUT2D eigenvalue weighted by atomic mass is 16.6. The van der Waals surface area contributed by atoms with Crippen LogP contribution < -0.4 is 0 Å². The molecule has 1 aliphatic carbocycles. The first-order valence-electron chi connectivity index (χ1n) is 3.55. The Kier molecular flexibility index (Phi) is 1.28. The van der Waals surface area contributed by atoms with Crippen molar-refractivity contribution in [1.29, 1.82) is 0 Å². The molecule has 3 heteroatoms. The van der Waals surface area contributed by atoms with Crippen molar-refractivity contribution in [2.24, 2.45) is 5.41 Å². The van der Waals surface area contributed by atoms with E-state index in [1.54, 1.807) is 0 Å². The number of nitrogens with zero attached hydrogens (tertiary/aromatic N) is 1. The van der Waals surface area contributed by atoms with Crippen molar-refractivity contribution in [3.05, 3.63) is 10.1 Å². The van der Waals surface area contributed by atoms with E-state index in [1.165, 1.54) is 0 Å². The molecule has 58 valence electrons. The summed E-state index contributed by atoms with van der Waals surface area (Å²) < 4.78 is 0. The van der Waals surface area contributed by atoms with Gasteiger partial charge in [0.1, 0.15) is 0 Å². The molecule has 1 rings (SSSR count). The summed E-state index contributed by atoms with van der Waals surface area (Å²) in [5.41, 5.74) is -0.760. The molecule has 1 fully saturated rings. The van der Waals surface area contributed by atoms with Gasteiger partial charge in [0, 0.05) is 23.2 Å². The smallest absolute Gasteiger partial charge is 0.227 e. The van der Waals surface area contributed by atoms with Gasteiger partial charge >= 0.3 is 0 Å². The largest absolute Gasteiger partial charge is 0.264 e. The Bertz CT molecular complexity index is 165. The van der Waals surface area contributed by atoms with Crippen molar-refractivity contribution < 1.29 is 4.92 Å². The van der Waals surface area contributed by atoms with E-state index < -0.39 is 5.54 Å². The molecule has 10 heavy (non-hydrogen) atoms. The predicted octanol–water partition coefficient (Wildman–Crippen LogP) is 1.84. The maximum atomic E-state index is 10.5. The molecule has 0 amide bonds. The van der Waals surface area contributed by atoms with Gasteiger partial charge < -0.3 is 0 Å². The van der Waals surface area contributed by atoms with Crippen LogP contribution in [-0.4, -0.2) is 10.5 Å². The third-order valence-electron chi connectivity index (χ3n) is 2.47. The van der Waals surface area contributed by atoms with Crippen LogP contribution in [-0.2, 0) is 0 Å². The van der Waals surface area contributed by atoms with Gasteiger partial charge in [0.05, 0.1) is 0 Å². The Morgan fingerprint density at radius 1 is 1.40 bits per heavy atom. The van der Waals surface area contributed by atoms with Gasteiger partial charge in [-0.25, -0.2) is 0 Å². The lowest BCUT2D eigenvalue weighted by molar-refractivity contribution is -0.556. The number of hydrogen-bond donors (Lipinski definition) is 0. The molecular weight excluding hydrogens is 130 g/mol. The van der Waals surface area contributed by atoms with Crippen LogP contribution >= 0.6 is 0 Å². The van der Waals surface area contributed by atoms with Crippen LogP contribution in [0.4, 0.5) is 0 Å². The number of hydrogen-bond acceptors (Lipinski definition) is 2. The van der Waals surface area contributed by atoms with E-state index in [0.29, 0.717) is 0 Å². The van der Waals surface area contributed by atoms with Crippen molar-refractivity contribution in [2.45, 2.75) is 39.2 Å². The van der Waals surface area contributed by atoms with Crippen LogP contribution in [0.15, 0.2) is 0 Å². The lowest BCUT2D eigenvalue weighted by Crippen LogP contribution is -2.36. The average molecular weight is 143 g/mol. The van der Waals surface area contributed by atoms with Crippen LogP contribution in [0, 0.1) is 15.5 Å². The molecule has 0 aromatic heterocycles. The molecule has 0 unspecified atom stereocenters. The molecule has 0 radical (unpaired) electrons. The SMILES string of the molecule is CC(C)(C)C1([N+](=O)[O-])CC1. The van der Waals surface area contributed by atoms with Gasteiger partial charge in [-0.1, -0.05) is 20.8 Å². The van der Waals surface area contributed by atoms with Crippen LogP contribution in [0.2, 0.25) is 0 Å². The maximum absolute atomic E-state index is 10.5. The summed E-state index contributed by atoms with van der Waals surface area (Å²) in [7, 11) is 0. The Morgan fingerprint density at radius 2 is 1.80 bits per heavy atom. The van der Waals surface area contributed by atoms with Gasteiger partial charge in [0.2, 0.25) is 5.54 Å². The molecule has 0 aromatic rings. The molecule has 0 aromatic carbocycles. The molecular formula is C7H13NO2. The molecule has 0 heterocycles. The van der Waals surface area contributed by atoms with Crippen molar-refractivity contribution in [1.82, 2.24) is 0 Å². The zero-order valence-electron chi connectivity index (χ0n) is 6.68. The Labute approximate surface area is 60.6 Å². The standard InChI is InChI=1S/C7H13NO2/c1-6(2,3)7(4-5-7)8(9)10/h4-5H2,1-3H3. The van der Waals surface area contributed by atoms with E-state index in [2.05, 4.69) is 0 Å². The predicted molar refractivity (Wildman–Crippen MR) is 38.4 cm³/mol. The molecule has 1 saturated carbocycles. The van der Waals surface area contributed by atoms with Crippen molar-refractivity contribution in [3.8, 4) is 0 Å². The molecule has 0 saturated heterocycles. The first kappa shape index (κ1) is 7.51. The summed E-state index contributed by atoms with van der Waals surface area (Å²) in [6, 6.07) is 0. The lowest BCUT2D eigenvalue weighted by Gasteiger charge is -2.22. The van der Waals surface area contributed by atoms with E-state index in [-0.39, 0.29) is 10.3 Å². The Hall–Kier alpha value is -0.600. The zero-order valence-corrected chi connectivity index (χ0v) is 6.68. The molecule has 0 aliphatic heterocycles. The van der Waals surface area contributed by atoms with Gasteiger partial charge in [-0.2, -0.15) is 0 Å². The highest BCUT2D eigenvalue weighted by Gasteiger charge is 2.63. The topological polar surface area (TPSA) is 43.1 Å². The second kappa shape index (κ2) is 1.71. The van der Waals surface area contributed by atoms with Crippen LogP contribution in [0.1, 0.15) is 33.6 Å². The summed E-state index contributed by atoms with van der Waals surface area (Å²) in [5.74, 6) is 0. The summed E-state index contributed by atoms with van der Waals surface area (Å²) in [5, 5.41) is 10.5. The zero-order chi connectivity index (χ0) is 7.99. The molecule has 0 spiro atoms. The fourth-order valence-electron chi connectivity index (χ4n) is 1.32. The first-order valence-corrected chi connectivity index (χ1v) is 3.55. The van der Waals surface area contributed by atoms with Crippen LogP contribution in [0.3, 0.4) is 0 Å². The van der Waals surface area contributed by atoms with Crippen molar-refractivity contribution in [2.75, 3.05) is 0 Å². The normalized spacial score (nSPS) is 22.3. The molecule has 1 aliphatic rings. The van der Waals surface area contributed by atoms with Crippen molar-refractivity contribution >= 4 is 0 Å². The average Bonchev–Trinajstić information content (AvgIpc) is 2.36. The van der Waals surface area contributed by atoms with Gasteiger partial charge in [0.15, 0.2) is 0 Å². The van der Waals surface area contributed by atoms with Gasteiger partial charge in [0.25, 0.3) is 0 Å². The van der Waals surface area contributed by atoms with Crippen molar-refractivity contribution in [3.63, 3.8) is 0 Å². The third kappa shape index (κ3) is 0.805. The van der Waals surface area contributed by atoms with Crippen LogP contribution in [0.5, 0.6) is 0 Å². The van der Waals surface area contributed by atoms with Gasteiger partial charge in [-0.3, -0.25) is 10.1 Å². The summed E-state index contributed by atoms with van der Waals surface area (Å²) in [6.07, 6.45) is 1.51. The first-order chi connectivity index (χ1) is 4.40. The lowest BCUT2D eigenvalue weighted by atomic mass is 9.85. The quantitative estimate of drug-likeness (QED) is 0.415. The van der Waals surface area contributed by atoms with Gasteiger partial charge in [-0.05, 0) is 0 Å². The van der Waals surface area contributed by atoms with E-state index >= 15 is 0 Å². The fraction of sp³-hybridized carbons (Fsp3) is 1.00. The fourth-order valence-corrected chi connectivity index (χ4v) is 1.32. The van der Waals surface area contributed by atoms with E-state index in [0.717, 1.165) is 12.8 Å². The Morgan fingerprint density at radius 3 is 1.80 bits per heavy atom. The highest BCUT2D eigenvalue weighted by molar-refractivity contribution is 5.03. The van der Waals surface area contributed by atoms with Crippen LogP contribution in [0.25, 0.3) is 0 Å². The number of rotatable bonds is 1. The third-order valence-corrected chi connectivity index (χ3v) is 2.47. The minimum atomic E-state index is -0.590. The van der Waals surface area contributed by atoms with E-state index in [4.69, 9.17) is 0 Å². The molecule has 0 atom stereocenters. The van der Waals surface area contributed by atoms with Gasteiger partial charge in [-0.15, -0.1) is 0 Å². The summed E-state index contributed by atoms with van der Waals surface area (Å²) in [6.45, 7) is 5.80. The summed E-state index contributed by atoms with van der Waals surface area (Å²) in [4.78, 5) is 10.4. The van der Waals surface area contributed by atoms with E-state index in [9.17, 15) is 10.1 Å². The Balaban J connectivity index is 2.80. The second-order valence-electron chi connectivity index (χ2n) is 4.04. The molecule has 0 bridgehead atoms.